The maximum absolute atomic E-state index is 2.50. The fourth-order valence-corrected chi connectivity index (χ4v) is 8.64. The lowest BCUT2D eigenvalue weighted by atomic mass is 9.81. The molecule has 0 saturated heterocycles. The van der Waals surface area contributed by atoms with Crippen LogP contribution < -0.4 is 0 Å². The normalized spacial score (nSPS) is 13.5. The quantitative estimate of drug-likeness (QED) is 0.187. The third-order valence-electron chi connectivity index (χ3n) is 10.8. The highest BCUT2D eigenvalue weighted by Crippen LogP contribution is 2.53. The molecule has 10 rings (SSSR count). The third kappa shape index (κ3) is 3.63. The minimum Gasteiger partial charge on any atom is -0.309 e. The predicted molar refractivity (Wildman–Crippen MR) is 203 cm³/mol. The van der Waals surface area contributed by atoms with Crippen LogP contribution in [0.2, 0.25) is 0 Å². The molecule has 0 aliphatic heterocycles. The van der Waals surface area contributed by atoms with Gasteiger partial charge in [0.25, 0.3) is 0 Å². The molecule has 48 heavy (non-hydrogen) atoms. The van der Waals surface area contributed by atoms with Gasteiger partial charge in [0.15, 0.2) is 0 Å². The van der Waals surface area contributed by atoms with Crippen molar-refractivity contribution < 1.29 is 0 Å². The van der Waals surface area contributed by atoms with Gasteiger partial charge in [0.1, 0.15) is 0 Å². The molecule has 2 heterocycles. The first-order valence-electron chi connectivity index (χ1n) is 16.9. The van der Waals surface area contributed by atoms with E-state index >= 15 is 0 Å². The van der Waals surface area contributed by atoms with Gasteiger partial charge in [-0.05, 0) is 94.4 Å². The number of benzene rings is 7. The van der Waals surface area contributed by atoms with Gasteiger partial charge in [-0.15, -0.1) is 0 Å². The second-order valence-electron chi connectivity index (χ2n) is 13.8. The van der Waals surface area contributed by atoms with E-state index in [2.05, 4.69) is 182 Å². The standard InChI is InChI=1S/C46H34N2/c1-29-21-23-32(47-41-19-11-8-16-34(41)35-17-9-12-20-42(35)47)28-38(29)30-22-26-43-39(27-30)37-25-24-36-33-15-7-10-18-40(33)46(2,3)44(36)45(37)48(43)31-13-5-4-6-14-31/h4-28H,1-3H3. The first kappa shape index (κ1) is 27.3. The maximum atomic E-state index is 2.50. The molecule has 2 nitrogen and oxygen atoms in total. The van der Waals surface area contributed by atoms with Gasteiger partial charge in [-0.3, -0.25) is 0 Å². The van der Waals surface area contributed by atoms with Crippen LogP contribution in [0.3, 0.4) is 0 Å². The van der Waals surface area contributed by atoms with Crippen molar-refractivity contribution in [1.29, 1.82) is 0 Å². The Morgan fingerprint density at radius 1 is 0.438 bits per heavy atom. The Balaban J connectivity index is 1.24. The van der Waals surface area contributed by atoms with Gasteiger partial charge in [0.05, 0.1) is 22.1 Å². The number of aromatic nitrogens is 2. The van der Waals surface area contributed by atoms with Crippen LogP contribution in [0.1, 0.15) is 30.5 Å². The highest BCUT2D eigenvalue weighted by Gasteiger charge is 2.38. The van der Waals surface area contributed by atoms with E-state index in [1.807, 2.05) is 0 Å². The Bertz CT molecular complexity index is 2700. The molecule has 0 N–H and O–H groups in total. The molecule has 0 fully saturated rings. The van der Waals surface area contributed by atoms with Crippen LogP contribution in [0, 0.1) is 6.92 Å². The largest absolute Gasteiger partial charge is 0.309 e. The number of hydrogen-bond donors (Lipinski definition) is 0. The molecular formula is C46H34N2. The Morgan fingerprint density at radius 2 is 1.10 bits per heavy atom. The monoisotopic (exact) mass is 614 g/mol. The van der Waals surface area contributed by atoms with Crippen molar-refractivity contribution in [2.24, 2.45) is 0 Å². The van der Waals surface area contributed by atoms with Crippen LogP contribution in [-0.2, 0) is 5.41 Å². The number of aryl methyl sites for hydroxylation is 1. The van der Waals surface area contributed by atoms with Crippen LogP contribution >= 0.6 is 0 Å². The summed E-state index contributed by atoms with van der Waals surface area (Å²) in [5, 5.41) is 5.14. The molecule has 1 aliphatic rings. The van der Waals surface area contributed by atoms with E-state index in [1.54, 1.807) is 0 Å². The highest BCUT2D eigenvalue weighted by atomic mass is 15.0. The van der Waals surface area contributed by atoms with Crippen molar-refractivity contribution in [2.75, 3.05) is 0 Å². The van der Waals surface area contributed by atoms with Crippen LogP contribution in [0.5, 0.6) is 0 Å². The van der Waals surface area contributed by atoms with E-state index in [0.29, 0.717) is 0 Å². The molecule has 0 unspecified atom stereocenters. The van der Waals surface area contributed by atoms with E-state index in [0.717, 1.165) is 0 Å². The smallest absolute Gasteiger partial charge is 0.0588 e. The van der Waals surface area contributed by atoms with Crippen LogP contribution in [0.25, 0.3) is 77.2 Å². The molecule has 9 aromatic rings. The van der Waals surface area contributed by atoms with Crippen molar-refractivity contribution in [1.82, 2.24) is 9.13 Å². The SMILES string of the molecule is Cc1ccc(-n2c3ccccc3c3ccccc32)cc1-c1ccc2c(c1)c1ccc3c(c1n2-c1ccccc1)C(C)(C)c1ccccc1-3. The average Bonchev–Trinajstić information content (AvgIpc) is 3.72. The van der Waals surface area contributed by atoms with Crippen LogP contribution in [0.4, 0.5) is 0 Å². The summed E-state index contributed by atoms with van der Waals surface area (Å²) in [4.78, 5) is 0. The van der Waals surface area contributed by atoms with E-state index in [-0.39, 0.29) is 5.41 Å². The van der Waals surface area contributed by atoms with Gasteiger partial charge in [-0.1, -0.05) is 117 Å². The van der Waals surface area contributed by atoms with Crippen molar-refractivity contribution >= 4 is 43.6 Å². The van der Waals surface area contributed by atoms with Crippen molar-refractivity contribution in [3.8, 4) is 33.6 Å². The zero-order valence-corrected chi connectivity index (χ0v) is 27.3. The predicted octanol–water partition coefficient (Wildman–Crippen LogP) is 12.2. The van der Waals surface area contributed by atoms with Crippen LogP contribution in [0.15, 0.2) is 152 Å². The zero-order chi connectivity index (χ0) is 32.1. The van der Waals surface area contributed by atoms with E-state index in [1.165, 1.54) is 93.9 Å². The molecule has 1 aliphatic carbocycles. The summed E-state index contributed by atoms with van der Waals surface area (Å²) in [5.74, 6) is 0. The average molecular weight is 615 g/mol. The summed E-state index contributed by atoms with van der Waals surface area (Å²) in [6.07, 6.45) is 0. The summed E-state index contributed by atoms with van der Waals surface area (Å²) in [6, 6.07) is 56.0. The molecule has 228 valence electrons. The second-order valence-corrected chi connectivity index (χ2v) is 13.8. The number of fused-ring (bicyclic) bond motifs is 10. The van der Waals surface area contributed by atoms with Crippen LogP contribution in [-0.4, -0.2) is 9.13 Å². The summed E-state index contributed by atoms with van der Waals surface area (Å²) in [7, 11) is 0. The first-order valence-corrected chi connectivity index (χ1v) is 16.9. The number of rotatable bonds is 3. The fourth-order valence-electron chi connectivity index (χ4n) is 8.64. The highest BCUT2D eigenvalue weighted by molar-refractivity contribution is 6.14. The van der Waals surface area contributed by atoms with E-state index in [9.17, 15) is 0 Å². The number of para-hydroxylation sites is 3. The molecule has 0 saturated carbocycles. The third-order valence-corrected chi connectivity index (χ3v) is 10.8. The van der Waals surface area contributed by atoms with Crippen molar-refractivity contribution in [2.45, 2.75) is 26.2 Å². The Labute approximate surface area is 280 Å². The lowest BCUT2D eigenvalue weighted by Gasteiger charge is -2.23. The molecule has 2 aromatic heterocycles. The topological polar surface area (TPSA) is 9.86 Å². The fraction of sp³-hybridized carbons (Fsp3) is 0.0870. The zero-order valence-electron chi connectivity index (χ0n) is 27.3. The summed E-state index contributed by atoms with van der Waals surface area (Å²) in [5.41, 5.74) is 16.5. The minimum atomic E-state index is -0.123. The van der Waals surface area contributed by atoms with Gasteiger partial charge >= 0.3 is 0 Å². The lowest BCUT2D eigenvalue weighted by Crippen LogP contribution is -2.16. The second kappa shape index (κ2) is 9.82. The Hall–Kier alpha value is -5.86. The van der Waals surface area contributed by atoms with E-state index in [4.69, 9.17) is 0 Å². The van der Waals surface area contributed by atoms with Crippen molar-refractivity contribution in [3.63, 3.8) is 0 Å². The minimum absolute atomic E-state index is 0.123. The molecule has 0 bridgehead atoms. The molecule has 0 radical (unpaired) electrons. The van der Waals surface area contributed by atoms with Gasteiger partial charge in [-0.2, -0.15) is 0 Å². The van der Waals surface area contributed by atoms with E-state index < -0.39 is 0 Å². The van der Waals surface area contributed by atoms with Gasteiger partial charge in [0.2, 0.25) is 0 Å². The number of hydrogen-bond acceptors (Lipinski definition) is 0. The Kier molecular flexibility index (Phi) is 5.58. The summed E-state index contributed by atoms with van der Waals surface area (Å²) in [6.45, 7) is 7.01. The van der Waals surface area contributed by atoms with Gasteiger partial charge in [-0.25, -0.2) is 0 Å². The summed E-state index contributed by atoms with van der Waals surface area (Å²) >= 11 is 0. The maximum Gasteiger partial charge on any atom is 0.0588 e. The molecule has 0 amide bonds. The van der Waals surface area contributed by atoms with Gasteiger partial charge < -0.3 is 9.13 Å². The molecular weight excluding hydrogens is 581 g/mol. The molecule has 0 atom stereocenters. The molecule has 2 heteroatoms. The molecule has 7 aromatic carbocycles. The first-order chi connectivity index (χ1) is 23.5. The summed E-state index contributed by atoms with van der Waals surface area (Å²) < 4.78 is 4.92. The van der Waals surface area contributed by atoms with Gasteiger partial charge in [0, 0.05) is 38.3 Å². The molecule has 0 spiro atoms. The Morgan fingerprint density at radius 3 is 1.88 bits per heavy atom. The van der Waals surface area contributed by atoms with Crippen molar-refractivity contribution in [3.05, 3.63) is 168 Å². The number of nitrogens with zero attached hydrogens (tertiary/aromatic N) is 2. The lowest BCUT2D eigenvalue weighted by molar-refractivity contribution is 0.664.